The van der Waals surface area contributed by atoms with Crippen molar-refractivity contribution in [2.45, 2.75) is 12.5 Å². The molecule has 0 spiro atoms. The first kappa shape index (κ1) is 11.6. The van der Waals surface area contributed by atoms with Gasteiger partial charge in [0.15, 0.2) is 0 Å². The lowest BCUT2D eigenvalue weighted by Gasteiger charge is -2.25. The second kappa shape index (κ2) is 4.93. The lowest BCUT2D eigenvalue weighted by atomic mass is 10.1. The fourth-order valence-corrected chi connectivity index (χ4v) is 2.43. The Balaban J connectivity index is 2.29. The average Bonchev–Trinajstić information content (AvgIpc) is 2.67. The van der Waals surface area contributed by atoms with Crippen LogP contribution in [0, 0.1) is 0 Å². The van der Waals surface area contributed by atoms with E-state index in [1.54, 1.807) is 7.11 Å². The van der Waals surface area contributed by atoms with Crippen LogP contribution in [0.2, 0.25) is 0 Å². The van der Waals surface area contributed by atoms with E-state index in [9.17, 15) is 5.11 Å². The van der Waals surface area contributed by atoms with E-state index in [-0.39, 0.29) is 12.6 Å². The molecule has 0 aromatic heterocycles. The Bertz CT molecular complexity index is 370. The molecule has 0 saturated carbocycles. The fourth-order valence-electron chi connectivity index (χ4n) is 2.25. The van der Waals surface area contributed by atoms with Crippen molar-refractivity contribution in [3.8, 4) is 5.75 Å². The number of hydrogen-bond acceptors (Lipinski definition) is 3. The Labute approximate surface area is 101 Å². The molecule has 3 nitrogen and oxygen atoms in total. The van der Waals surface area contributed by atoms with Crippen molar-refractivity contribution >= 4 is 17.3 Å². The van der Waals surface area contributed by atoms with Gasteiger partial charge >= 0.3 is 0 Å². The highest BCUT2D eigenvalue weighted by Gasteiger charge is 2.28. The van der Waals surface area contributed by atoms with Gasteiger partial charge in [-0.2, -0.15) is 0 Å². The zero-order valence-corrected chi connectivity index (χ0v) is 10.1. The van der Waals surface area contributed by atoms with Crippen LogP contribution in [0.4, 0.5) is 5.69 Å². The first-order valence-corrected chi connectivity index (χ1v) is 5.94. The van der Waals surface area contributed by atoms with E-state index in [2.05, 4.69) is 4.90 Å². The Hall–Kier alpha value is -0.930. The van der Waals surface area contributed by atoms with Crippen molar-refractivity contribution < 1.29 is 9.84 Å². The number of alkyl halides is 1. The number of rotatable bonds is 4. The average molecular weight is 242 g/mol. The number of fused-ring (bicyclic) bond motifs is 1. The third-order valence-electron chi connectivity index (χ3n) is 3.03. The molecule has 0 fully saturated rings. The first-order valence-electron chi connectivity index (χ1n) is 5.40. The van der Waals surface area contributed by atoms with Crippen molar-refractivity contribution in [2.24, 2.45) is 0 Å². The first-order chi connectivity index (χ1) is 7.80. The van der Waals surface area contributed by atoms with E-state index in [1.807, 2.05) is 18.2 Å². The van der Waals surface area contributed by atoms with Gasteiger partial charge in [-0.25, -0.2) is 0 Å². The quantitative estimate of drug-likeness (QED) is 0.814. The minimum absolute atomic E-state index is 0.154. The summed E-state index contributed by atoms with van der Waals surface area (Å²) in [6, 6.07) is 6.17. The maximum absolute atomic E-state index is 9.35. The molecule has 4 heteroatoms. The van der Waals surface area contributed by atoms with E-state index in [4.69, 9.17) is 16.3 Å². The van der Waals surface area contributed by atoms with Crippen LogP contribution in [0.15, 0.2) is 18.2 Å². The third-order valence-corrected chi connectivity index (χ3v) is 3.20. The summed E-state index contributed by atoms with van der Waals surface area (Å²) >= 11 is 5.78. The molecule has 1 aliphatic heterocycles. The van der Waals surface area contributed by atoms with Crippen molar-refractivity contribution in [3.63, 3.8) is 0 Å². The van der Waals surface area contributed by atoms with Crippen LogP contribution < -0.4 is 9.64 Å². The number of anilines is 1. The molecule has 1 N–H and O–H groups in total. The zero-order chi connectivity index (χ0) is 11.5. The number of halogens is 1. The lowest BCUT2D eigenvalue weighted by Crippen LogP contribution is -2.36. The molecule has 0 radical (unpaired) electrons. The predicted octanol–water partition coefficient (Wildman–Crippen LogP) is 1.66. The molecule has 1 atom stereocenters. The molecule has 0 aliphatic carbocycles. The van der Waals surface area contributed by atoms with Crippen molar-refractivity contribution in [3.05, 3.63) is 23.8 Å². The second-order valence-electron chi connectivity index (χ2n) is 3.92. The maximum atomic E-state index is 9.35. The Morgan fingerprint density at radius 1 is 1.56 bits per heavy atom. The Morgan fingerprint density at radius 2 is 2.38 bits per heavy atom. The monoisotopic (exact) mass is 241 g/mol. The molecular formula is C12H16ClNO2. The van der Waals surface area contributed by atoms with E-state index < -0.39 is 0 Å². The highest BCUT2D eigenvalue weighted by molar-refractivity contribution is 6.18. The van der Waals surface area contributed by atoms with Crippen LogP contribution in [-0.2, 0) is 6.42 Å². The molecule has 1 heterocycles. The molecule has 0 saturated heterocycles. The highest BCUT2D eigenvalue weighted by atomic mass is 35.5. The number of hydrogen-bond donors (Lipinski definition) is 1. The minimum Gasteiger partial charge on any atom is -0.497 e. The lowest BCUT2D eigenvalue weighted by molar-refractivity contribution is 0.264. The molecule has 0 bridgehead atoms. The minimum atomic E-state index is 0.154. The van der Waals surface area contributed by atoms with Crippen LogP contribution in [-0.4, -0.2) is 37.3 Å². The van der Waals surface area contributed by atoms with Crippen molar-refractivity contribution in [1.82, 2.24) is 0 Å². The number of ether oxygens (including phenoxy) is 1. The zero-order valence-electron chi connectivity index (χ0n) is 9.32. The summed E-state index contributed by atoms with van der Waals surface area (Å²) < 4.78 is 5.20. The Morgan fingerprint density at radius 3 is 3.00 bits per heavy atom. The van der Waals surface area contributed by atoms with E-state index in [0.29, 0.717) is 5.88 Å². The summed E-state index contributed by atoms with van der Waals surface area (Å²) in [4.78, 5) is 2.17. The summed E-state index contributed by atoms with van der Waals surface area (Å²) in [6.45, 7) is 0.931. The summed E-state index contributed by atoms with van der Waals surface area (Å²) in [5, 5.41) is 9.35. The molecule has 0 amide bonds. The van der Waals surface area contributed by atoms with Crippen LogP contribution >= 0.6 is 11.6 Å². The van der Waals surface area contributed by atoms with Crippen LogP contribution in [0.25, 0.3) is 0 Å². The Kier molecular flexibility index (Phi) is 3.56. The summed E-state index contributed by atoms with van der Waals surface area (Å²) in [7, 11) is 1.66. The highest BCUT2D eigenvalue weighted by Crippen LogP contribution is 2.34. The molecule has 1 aromatic rings. The molecule has 1 unspecified atom stereocenters. The smallest absolute Gasteiger partial charge is 0.119 e. The molecule has 2 rings (SSSR count). The summed E-state index contributed by atoms with van der Waals surface area (Å²) in [5.41, 5.74) is 2.39. The van der Waals surface area contributed by atoms with Gasteiger partial charge in [0.2, 0.25) is 0 Å². The predicted molar refractivity (Wildman–Crippen MR) is 65.6 cm³/mol. The van der Waals surface area contributed by atoms with Crippen LogP contribution in [0.5, 0.6) is 5.75 Å². The molecule has 1 aromatic carbocycles. The molecular weight excluding hydrogens is 226 g/mol. The van der Waals surface area contributed by atoms with Gasteiger partial charge < -0.3 is 14.7 Å². The molecule has 88 valence electrons. The summed E-state index contributed by atoms with van der Waals surface area (Å²) in [6.07, 6.45) is 0.861. The molecule has 1 aliphatic rings. The van der Waals surface area contributed by atoms with Gasteiger partial charge in [0.05, 0.1) is 19.8 Å². The standard InChI is InChI=1S/C12H16ClNO2/c1-16-11-2-3-12-9(7-11)6-10(8-15)14(12)5-4-13/h2-3,7,10,15H,4-6,8H2,1H3. The third kappa shape index (κ3) is 1.97. The second-order valence-corrected chi connectivity index (χ2v) is 4.30. The van der Waals surface area contributed by atoms with Gasteiger partial charge in [0.1, 0.15) is 5.75 Å². The number of benzene rings is 1. The van der Waals surface area contributed by atoms with Gasteiger partial charge in [-0.1, -0.05) is 0 Å². The maximum Gasteiger partial charge on any atom is 0.119 e. The van der Waals surface area contributed by atoms with Crippen LogP contribution in [0.1, 0.15) is 5.56 Å². The van der Waals surface area contributed by atoms with Crippen molar-refractivity contribution in [2.75, 3.05) is 31.0 Å². The van der Waals surface area contributed by atoms with E-state index in [1.165, 1.54) is 11.3 Å². The van der Waals surface area contributed by atoms with Crippen molar-refractivity contribution in [1.29, 1.82) is 0 Å². The normalized spacial score (nSPS) is 18.7. The SMILES string of the molecule is COc1ccc2c(c1)CC(CO)N2CCCl. The van der Waals surface area contributed by atoms with Gasteiger partial charge in [0, 0.05) is 18.1 Å². The number of methoxy groups -OCH3 is 1. The van der Waals surface area contributed by atoms with Crippen LogP contribution in [0.3, 0.4) is 0 Å². The number of nitrogens with zero attached hydrogens (tertiary/aromatic N) is 1. The van der Waals surface area contributed by atoms with Gasteiger partial charge in [-0.05, 0) is 30.2 Å². The summed E-state index contributed by atoms with van der Waals surface area (Å²) in [5.74, 6) is 1.44. The number of aliphatic hydroxyl groups excluding tert-OH is 1. The topological polar surface area (TPSA) is 32.7 Å². The molecule has 16 heavy (non-hydrogen) atoms. The van der Waals surface area contributed by atoms with Gasteiger partial charge in [-0.3, -0.25) is 0 Å². The van der Waals surface area contributed by atoms with E-state index in [0.717, 1.165) is 18.7 Å². The van der Waals surface area contributed by atoms with Gasteiger partial charge in [-0.15, -0.1) is 11.6 Å². The fraction of sp³-hybridized carbons (Fsp3) is 0.500. The largest absolute Gasteiger partial charge is 0.497 e. The number of aliphatic hydroxyl groups is 1. The van der Waals surface area contributed by atoms with Gasteiger partial charge in [0.25, 0.3) is 0 Å². The van der Waals surface area contributed by atoms with E-state index >= 15 is 0 Å².